The maximum absolute atomic E-state index is 12.1. The Morgan fingerprint density at radius 1 is 1.41 bits per heavy atom. The molecule has 3 rings (SSSR count). The molecule has 0 radical (unpaired) electrons. The van der Waals surface area contributed by atoms with Crippen molar-refractivity contribution < 1.29 is 4.79 Å². The third kappa shape index (κ3) is 3.23. The zero-order chi connectivity index (χ0) is 15.5. The summed E-state index contributed by atoms with van der Waals surface area (Å²) < 4.78 is 2.85. The van der Waals surface area contributed by atoms with Crippen molar-refractivity contribution in [1.29, 1.82) is 0 Å². The highest BCUT2D eigenvalue weighted by atomic mass is 32.1. The summed E-state index contributed by atoms with van der Waals surface area (Å²) in [7, 11) is 3.63. The van der Waals surface area contributed by atoms with Gasteiger partial charge in [-0.25, -0.2) is 4.98 Å². The highest BCUT2D eigenvalue weighted by Gasteiger charge is 2.09. The van der Waals surface area contributed by atoms with Crippen LogP contribution < -0.4 is 0 Å². The molecule has 0 aliphatic carbocycles. The molecule has 0 saturated heterocycles. The maximum Gasteiger partial charge on any atom is 0.246 e. The van der Waals surface area contributed by atoms with Crippen LogP contribution >= 0.6 is 11.3 Å². The number of aryl methyl sites for hydroxylation is 1. The fraction of sp³-hybridized carbons (Fsp3) is 0.188. The molecule has 2 aromatic heterocycles. The molecule has 6 heteroatoms. The van der Waals surface area contributed by atoms with Gasteiger partial charge in [-0.3, -0.25) is 9.48 Å². The van der Waals surface area contributed by atoms with E-state index >= 15 is 0 Å². The van der Waals surface area contributed by atoms with E-state index in [-0.39, 0.29) is 5.91 Å². The van der Waals surface area contributed by atoms with Gasteiger partial charge in [0.15, 0.2) is 0 Å². The van der Waals surface area contributed by atoms with Crippen molar-refractivity contribution in [3.05, 3.63) is 53.3 Å². The first-order valence-electron chi connectivity index (χ1n) is 6.88. The van der Waals surface area contributed by atoms with Crippen molar-refractivity contribution in [2.75, 3.05) is 7.05 Å². The molecule has 0 N–H and O–H groups in total. The molecule has 2 heterocycles. The van der Waals surface area contributed by atoms with Gasteiger partial charge in [0.2, 0.25) is 5.91 Å². The Balaban J connectivity index is 1.66. The van der Waals surface area contributed by atoms with Gasteiger partial charge in [-0.2, -0.15) is 5.10 Å². The summed E-state index contributed by atoms with van der Waals surface area (Å²) in [6, 6.07) is 7.99. The van der Waals surface area contributed by atoms with Crippen LogP contribution in [-0.4, -0.2) is 32.6 Å². The minimum Gasteiger partial charge on any atom is -0.335 e. The molecule has 0 aliphatic heterocycles. The SMILES string of the molecule is CN(Cc1nc2ccccc2s1)C(=O)/C=C/c1cnn(C)c1. The minimum atomic E-state index is -0.0527. The van der Waals surface area contributed by atoms with Crippen LogP contribution in [0.3, 0.4) is 0 Å². The summed E-state index contributed by atoms with van der Waals surface area (Å²) >= 11 is 1.62. The smallest absolute Gasteiger partial charge is 0.246 e. The van der Waals surface area contributed by atoms with Crippen LogP contribution in [-0.2, 0) is 18.4 Å². The molecule has 0 spiro atoms. The summed E-state index contributed by atoms with van der Waals surface area (Å²) in [4.78, 5) is 18.3. The van der Waals surface area contributed by atoms with Gasteiger partial charge >= 0.3 is 0 Å². The van der Waals surface area contributed by atoms with E-state index in [1.165, 1.54) is 0 Å². The van der Waals surface area contributed by atoms with Crippen LogP contribution in [0.15, 0.2) is 42.7 Å². The molecular formula is C16H16N4OS. The van der Waals surface area contributed by atoms with E-state index in [1.54, 1.807) is 46.3 Å². The van der Waals surface area contributed by atoms with E-state index in [0.29, 0.717) is 6.54 Å². The average Bonchev–Trinajstić information content (AvgIpc) is 3.09. The van der Waals surface area contributed by atoms with Crippen LogP contribution in [0.4, 0.5) is 0 Å². The molecule has 0 aliphatic rings. The number of benzene rings is 1. The van der Waals surface area contributed by atoms with Crippen molar-refractivity contribution in [2.45, 2.75) is 6.54 Å². The number of carbonyl (C=O) groups is 1. The average molecular weight is 312 g/mol. The van der Waals surface area contributed by atoms with Gasteiger partial charge in [0.1, 0.15) is 5.01 Å². The molecule has 5 nitrogen and oxygen atoms in total. The molecule has 112 valence electrons. The predicted molar refractivity (Wildman–Crippen MR) is 88.3 cm³/mol. The number of hydrogen-bond acceptors (Lipinski definition) is 4. The Labute approximate surface area is 132 Å². The number of nitrogens with zero attached hydrogens (tertiary/aromatic N) is 4. The first-order valence-corrected chi connectivity index (χ1v) is 7.70. The number of aromatic nitrogens is 3. The van der Waals surface area contributed by atoms with Crippen LogP contribution in [0.25, 0.3) is 16.3 Å². The Kier molecular flexibility index (Phi) is 4.02. The van der Waals surface area contributed by atoms with E-state index in [2.05, 4.69) is 10.1 Å². The molecule has 3 aromatic rings. The Bertz CT molecular complexity index is 800. The number of hydrogen-bond donors (Lipinski definition) is 0. The standard InChI is InChI=1S/C16H16N4OS/c1-19(16(21)8-7-12-9-17-20(2)10-12)11-15-18-13-5-3-4-6-14(13)22-15/h3-10H,11H2,1-2H3/b8-7+. The second-order valence-corrected chi connectivity index (χ2v) is 6.17. The van der Waals surface area contributed by atoms with Gasteiger partial charge in [-0.1, -0.05) is 12.1 Å². The monoisotopic (exact) mass is 312 g/mol. The Morgan fingerprint density at radius 3 is 2.95 bits per heavy atom. The largest absolute Gasteiger partial charge is 0.335 e. The number of likely N-dealkylation sites (N-methyl/N-ethyl adjacent to an activating group) is 1. The topological polar surface area (TPSA) is 51.0 Å². The Morgan fingerprint density at radius 2 is 2.23 bits per heavy atom. The van der Waals surface area contributed by atoms with Gasteiger partial charge in [0.05, 0.1) is 23.0 Å². The van der Waals surface area contributed by atoms with Crippen molar-refractivity contribution in [1.82, 2.24) is 19.7 Å². The summed E-state index contributed by atoms with van der Waals surface area (Å²) in [5.41, 5.74) is 1.89. The molecule has 0 unspecified atom stereocenters. The van der Waals surface area contributed by atoms with E-state index < -0.39 is 0 Å². The van der Waals surface area contributed by atoms with Crippen molar-refractivity contribution in [2.24, 2.45) is 7.05 Å². The van der Waals surface area contributed by atoms with E-state index in [4.69, 9.17) is 0 Å². The number of amides is 1. The predicted octanol–water partition coefficient (Wildman–Crippen LogP) is 2.70. The highest BCUT2D eigenvalue weighted by molar-refractivity contribution is 7.18. The van der Waals surface area contributed by atoms with Crippen molar-refractivity contribution in [3.8, 4) is 0 Å². The summed E-state index contributed by atoms with van der Waals surface area (Å²) in [5, 5.41) is 5.00. The van der Waals surface area contributed by atoms with E-state index in [1.807, 2.05) is 37.5 Å². The molecule has 0 saturated carbocycles. The summed E-state index contributed by atoms with van der Waals surface area (Å²) in [6.45, 7) is 0.509. The summed E-state index contributed by atoms with van der Waals surface area (Å²) in [6.07, 6.45) is 6.91. The molecular weight excluding hydrogens is 296 g/mol. The van der Waals surface area contributed by atoms with Gasteiger partial charge in [0, 0.05) is 31.9 Å². The third-order valence-corrected chi connectivity index (χ3v) is 4.25. The van der Waals surface area contributed by atoms with Crippen LogP contribution in [0.1, 0.15) is 10.6 Å². The molecule has 1 aromatic carbocycles. The molecule has 1 amide bonds. The Hall–Kier alpha value is -2.47. The molecule has 0 fully saturated rings. The number of thiazole rings is 1. The van der Waals surface area contributed by atoms with Gasteiger partial charge in [-0.05, 0) is 18.2 Å². The second kappa shape index (κ2) is 6.11. The second-order valence-electron chi connectivity index (χ2n) is 5.05. The molecule has 0 atom stereocenters. The summed E-state index contributed by atoms with van der Waals surface area (Å²) in [5.74, 6) is -0.0527. The normalized spacial score (nSPS) is 11.4. The zero-order valence-electron chi connectivity index (χ0n) is 12.4. The molecule has 0 bridgehead atoms. The van der Waals surface area contributed by atoms with Gasteiger partial charge in [0.25, 0.3) is 0 Å². The van der Waals surface area contributed by atoms with Gasteiger partial charge < -0.3 is 4.90 Å². The fourth-order valence-electron chi connectivity index (χ4n) is 2.09. The van der Waals surface area contributed by atoms with E-state index in [0.717, 1.165) is 20.8 Å². The number of fused-ring (bicyclic) bond motifs is 1. The van der Waals surface area contributed by atoms with Gasteiger partial charge in [-0.15, -0.1) is 11.3 Å². The highest BCUT2D eigenvalue weighted by Crippen LogP contribution is 2.22. The lowest BCUT2D eigenvalue weighted by Crippen LogP contribution is -2.23. The quantitative estimate of drug-likeness (QED) is 0.696. The lowest BCUT2D eigenvalue weighted by Gasteiger charge is -2.12. The maximum atomic E-state index is 12.1. The lowest BCUT2D eigenvalue weighted by atomic mass is 10.3. The zero-order valence-corrected chi connectivity index (χ0v) is 13.2. The van der Waals surface area contributed by atoms with Crippen LogP contribution in [0.2, 0.25) is 0 Å². The minimum absolute atomic E-state index is 0.0527. The lowest BCUT2D eigenvalue weighted by molar-refractivity contribution is -0.125. The molecule has 22 heavy (non-hydrogen) atoms. The number of para-hydroxylation sites is 1. The van der Waals surface area contributed by atoms with Crippen LogP contribution in [0.5, 0.6) is 0 Å². The number of carbonyl (C=O) groups excluding carboxylic acids is 1. The van der Waals surface area contributed by atoms with Crippen molar-refractivity contribution in [3.63, 3.8) is 0 Å². The van der Waals surface area contributed by atoms with Crippen LogP contribution in [0, 0.1) is 0 Å². The number of rotatable bonds is 4. The first kappa shape index (κ1) is 14.5. The van der Waals surface area contributed by atoms with E-state index in [9.17, 15) is 4.79 Å². The first-order chi connectivity index (χ1) is 10.6. The van der Waals surface area contributed by atoms with Crippen molar-refractivity contribution >= 4 is 33.5 Å². The fourth-order valence-corrected chi connectivity index (χ4v) is 3.11. The third-order valence-electron chi connectivity index (χ3n) is 3.23.